The van der Waals surface area contributed by atoms with E-state index in [2.05, 4.69) is 10.6 Å². The first-order valence-corrected chi connectivity index (χ1v) is 7.13. The second-order valence-corrected chi connectivity index (χ2v) is 5.20. The second kappa shape index (κ2) is 6.58. The summed E-state index contributed by atoms with van der Waals surface area (Å²) in [4.78, 5) is 36.2. The molecule has 0 atom stereocenters. The predicted octanol–water partition coefficient (Wildman–Crippen LogP) is 0.843. The number of ether oxygens (including phenoxy) is 1. The first-order chi connectivity index (χ1) is 9.60. The maximum atomic E-state index is 11.6. The summed E-state index contributed by atoms with van der Waals surface area (Å²) in [7, 11) is 0. The van der Waals surface area contributed by atoms with Crippen molar-refractivity contribution in [2.45, 2.75) is 38.6 Å². The van der Waals surface area contributed by atoms with Crippen LogP contribution in [0.5, 0.6) is 0 Å². The highest BCUT2D eigenvalue weighted by Crippen LogP contribution is 2.28. The molecule has 112 valence electrons. The molecule has 0 unspecified atom stereocenters. The highest BCUT2D eigenvalue weighted by molar-refractivity contribution is 5.96. The van der Waals surface area contributed by atoms with Crippen LogP contribution in [0.25, 0.3) is 0 Å². The Balaban J connectivity index is 1.67. The minimum atomic E-state index is -0.434. The van der Waals surface area contributed by atoms with Gasteiger partial charge in [0.25, 0.3) is 0 Å². The lowest BCUT2D eigenvalue weighted by Crippen LogP contribution is -2.50. The number of carbonyl (C=O) groups is 3. The fourth-order valence-corrected chi connectivity index (χ4v) is 2.20. The zero-order chi connectivity index (χ0) is 14.5. The molecular weight excluding hydrogens is 262 g/mol. The minimum Gasteiger partial charge on any atom is -0.450 e. The van der Waals surface area contributed by atoms with Crippen LogP contribution >= 0.6 is 0 Å². The lowest BCUT2D eigenvalue weighted by Gasteiger charge is -2.31. The van der Waals surface area contributed by atoms with Crippen molar-refractivity contribution in [3.8, 4) is 0 Å². The van der Waals surface area contributed by atoms with Crippen LogP contribution in [-0.4, -0.2) is 48.7 Å². The Hall–Kier alpha value is -1.79. The Morgan fingerprint density at radius 1 is 1.15 bits per heavy atom. The number of nitrogens with one attached hydrogen (secondary N) is 2. The van der Waals surface area contributed by atoms with Crippen molar-refractivity contribution >= 4 is 18.0 Å². The number of amides is 4. The largest absolute Gasteiger partial charge is 0.450 e. The van der Waals surface area contributed by atoms with Gasteiger partial charge >= 0.3 is 12.1 Å². The van der Waals surface area contributed by atoms with E-state index in [9.17, 15) is 14.4 Å². The number of hydrogen-bond donors (Lipinski definition) is 2. The highest BCUT2D eigenvalue weighted by atomic mass is 16.6. The van der Waals surface area contributed by atoms with Gasteiger partial charge < -0.3 is 15.0 Å². The molecule has 4 amide bonds. The van der Waals surface area contributed by atoms with E-state index >= 15 is 0 Å². The van der Waals surface area contributed by atoms with E-state index < -0.39 is 6.03 Å². The number of likely N-dealkylation sites (tertiary alicyclic amines) is 1. The van der Waals surface area contributed by atoms with E-state index in [1.54, 1.807) is 11.8 Å². The normalized spacial score (nSPS) is 19.4. The SMILES string of the molecule is CCOC(=O)N1CCC(NC(=O)NC(=O)C2CC2)CC1. The first kappa shape index (κ1) is 14.6. The smallest absolute Gasteiger partial charge is 0.409 e. The van der Waals surface area contributed by atoms with Crippen LogP contribution in [0, 0.1) is 5.92 Å². The van der Waals surface area contributed by atoms with Gasteiger partial charge in [-0.1, -0.05) is 0 Å². The molecular formula is C13H21N3O4. The van der Waals surface area contributed by atoms with E-state index in [-0.39, 0.29) is 24.0 Å². The molecule has 20 heavy (non-hydrogen) atoms. The van der Waals surface area contributed by atoms with E-state index in [1.807, 2.05) is 0 Å². The topological polar surface area (TPSA) is 87.7 Å². The third-order valence-electron chi connectivity index (χ3n) is 3.54. The van der Waals surface area contributed by atoms with Crippen LogP contribution in [0.2, 0.25) is 0 Å². The van der Waals surface area contributed by atoms with Gasteiger partial charge in [-0.2, -0.15) is 0 Å². The van der Waals surface area contributed by atoms with Crippen molar-refractivity contribution in [3.05, 3.63) is 0 Å². The molecule has 1 aliphatic heterocycles. The summed E-state index contributed by atoms with van der Waals surface area (Å²) < 4.78 is 4.93. The van der Waals surface area contributed by atoms with E-state index in [1.165, 1.54) is 0 Å². The van der Waals surface area contributed by atoms with E-state index in [4.69, 9.17) is 4.74 Å². The molecule has 0 radical (unpaired) electrons. The van der Waals surface area contributed by atoms with Gasteiger partial charge in [-0.25, -0.2) is 9.59 Å². The molecule has 1 saturated heterocycles. The van der Waals surface area contributed by atoms with Crippen LogP contribution in [0.15, 0.2) is 0 Å². The van der Waals surface area contributed by atoms with Crippen LogP contribution in [-0.2, 0) is 9.53 Å². The van der Waals surface area contributed by atoms with Gasteiger partial charge in [-0.05, 0) is 32.6 Å². The molecule has 7 heteroatoms. The van der Waals surface area contributed by atoms with Gasteiger partial charge in [0, 0.05) is 25.0 Å². The van der Waals surface area contributed by atoms with E-state index in [0.29, 0.717) is 32.5 Å². The number of carbonyl (C=O) groups excluding carboxylic acids is 3. The molecule has 2 aliphatic rings. The number of urea groups is 1. The quantitative estimate of drug-likeness (QED) is 0.803. The van der Waals surface area contributed by atoms with Gasteiger partial charge in [-0.15, -0.1) is 0 Å². The van der Waals surface area contributed by atoms with Gasteiger partial charge in [-0.3, -0.25) is 10.1 Å². The third-order valence-corrected chi connectivity index (χ3v) is 3.54. The average Bonchev–Trinajstić information content (AvgIpc) is 3.24. The van der Waals surface area contributed by atoms with Gasteiger partial charge in [0.2, 0.25) is 5.91 Å². The third kappa shape index (κ3) is 4.11. The molecule has 0 aromatic carbocycles. The van der Waals surface area contributed by atoms with Gasteiger partial charge in [0.15, 0.2) is 0 Å². The van der Waals surface area contributed by atoms with Crippen LogP contribution in [0.4, 0.5) is 9.59 Å². The molecule has 2 rings (SSSR count). The van der Waals surface area contributed by atoms with Crippen molar-refractivity contribution < 1.29 is 19.1 Å². The second-order valence-electron chi connectivity index (χ2n) is 5.20. The summed E-state index contributed by atoms with van der Waals surface area (Å²) >= 11 is 0. The Bertz CT molecular complexity index is 387. The molecule has 1 heterocycles. The molecule has 0 bridgehead atoms. The highest BCUT2D eigenvalue weighted by Gasteiger charge is 2.31. The molecule has 0 aromatic rings. The van der Waals surface area contributed by atoms with Gasteiger partial charge in [0.1, 0.15) is 0 Å². The number of hydrogen-bond acceptors (Lipinski definition) is 4. The summed E-state index contributed by atoms with van der Waals surface area (Å²) in [5, 5.41) is 5.12. The molecule has 0 aromatic heterocycles. The summed E-state index contributed by atoms with van der Waals surface area (Å²) in [6.07, 6.45) is 2.78. The van der Waals surface area contributed by atoms with Crippen molar-refractivity contribution in [2.75, 3.05) is 19.7 Å². The lowest BCUT2D eigenvalue weighted by atomic mass is 10.1. The average molecular weight is 283 g/mol. The van der Waals surface area contributed by atoms with Crippen LogP contribution in [0.3, 0.4) is 0 Å². The molecule has 1 aliphatic carbocycles. The summed E-state index contributed by atoms with van der Waals surface area (Å²) in [6.45, 7) is 3.25. The Morgan fingerprint density at radius 2 is 1.80 bits per heavy atom. The zero-order valence-corrected chi connectivity index (χ0v) is 11.7. The Morgan fingerprint density at radius 3 is 2.35 bits per heavy atom. The summed E-state index contributed by atoms with van der Waals surface area (Å²) in [5.41, 5.74) is 0. The Kier molecular flexibility index (Phi) is 4.81. The fraction of sp³-hybridized carbons (Fsp3) is 0.769. The van der Waals surface area contributed by atoms with Crippen molar-refractivity contribution in [1.82, 2.24) is 15.5 Å². The van der Waals surface area contributed by atoms with Gasteiger partial charge in [0.05, 0.1) is 6.61 Å². The summed E-state index contributed by atoms with van der Waals surface area (Å²) in [5.74, 6) is -0.169. The molecule has 0 spiro atoms. The standard InChI is InChI=1S/C13H21N3O4/c1-2-20-13(19)16-7-5-10(6-8-16)14-12(18)15-11(17)9-3-4-9/h9-10H,2-8H2,1H3,(H2,14,15,17,18). The van der Waals surface area contributed by atoms with Crippen molar-refractivity contribution in [3.63, 3.8) is 0 Å². The van der Waals surface area contributed by atoms with E-state index in [0.717, 1.165) is 12.8 Å². The Labute approximate surface area is 118 Å². The monoisotopic (exact) mass is 283 g/mol. The fourth-order valence-electron chi connectivity index (χ4n) is 2.20. The maximum Gasteiger partial charge on any atom is 0.409 e. The number of piperidine rings is 1. The van der Waals surface area contributed by atoms with Crippen molar-refractivity contribution in [2.24, 2.45) is 5.92 Å². The van der Waals surface area contributed by atoms with Crippen molar-refractivity contribution in [1.29, 1.82) is 0 Å². The first-order valence-electron chi connectivity index (χ1n) is 7.13. The minimum absolute atomic E-state index is 0.00678. The molecule has 2 N–H and O–H groups in total. The molecule has 2 fully saturated rings. The summed E-state index contributed by atoms with van der Waals surface area (Å²) in [6, 6.07) is -0.441. The lowest BCUT2D eigenvalue weighted by molar-refractivity contribution is -0.121. The van der Waals surface area contributed by atoms with Crippen LogP contribution < -0.4 is 10.6 Å². The number of imide groups is 1. The number of nitrogens with zero attached hydrogens (tertiary/aromatic N) is 1. The maximum absolute atomic E-state index is 11.6. The number of rotatable bonds is 3. The predicted molar refractivity (Wildman–Crippen MR) is 71.0 cm³/mol. The molecule has 7 nitrogen and oxygen atoms in total. The molecule has 1 saturated carbocycles. The zero-order valence-electron chi connectivity index (χ0n) is 11.7. The van der Waals surface area contributed by atoms with Crippen LogP contribution in [0.1, 0.15) is 32.6 Å².